The van der Waals surface area contributed by atoms with Crippen molar-refractivity contribution < 1.29 is 4.79 Å². The third kappa shape index (κ3) is 4.73. The standard InChI is InChI=1S/C17H27N3O/c1-3-4-12-20(2)17(21)16-11-10-15(13-18-16)19-14-8-6-5-7-9-14/h10-11,13-14,19H,3-9,12H2,1-2H3. The fourth-order valence-corrected chi connectivity index (χ4v) is 2.78. The molecule has 1 aliphatic carbocycles. The Labute approximate surface area is 127 Å². The van der Waals surface area contributed by atoms with Gasteiger partial charge in [-0.1, -0.05) is 32.6 Å². The second kappa shape index (κ2) is 8.01. The number of carbonyl (C=O) groups excluding carboxylic acids is 1. The van der Waals surface area contributed by atoms with Crippen molar-refractivity contribution in [2.24, 2.45) is 0 Å². The lowest BCUT2D eigenvalue weighted by Gasteiger charge is -2.23. The van der Waals surface area contributed by atoms with E-state index in [0.717, 1.165) is 25.1 Å². The molecule has 1 saturated carbocycles. The van der Waals surface area contributed by atoms with Crippen molar-refractivity contribution in [3.8, 4) is 0 Å². The topological polar surface area (TPSA) is 45.2 Å². The molecule has 2 rings (SSSR count). The number of unbranched alkanes of at least 4 members (excludes halogenated alkanes) is 1. The Morgan fingerprint density at radius 2 is 2.10 bits per heavy atom. The molecule has 1 aromatic rings. The van der Waals surface area contributed by atoms with E-state index in [4.69, 9.17) is 0 Å². The summed E-state index contributed by atoms with van der Waals surface area (Å²) in [6.07, 6.45) is 10.4. The van der Waals surface area contributed by atoms with Crippen LogP contribution in [-0.4, -0.2) is 35.4 Å². The molecule has 0 radical (unpaired) electrons. The number of hydrogen-bond donors (Lipinski definition) is 1. The quantitative estimate of drug-likeness (QED) is 0.868. The molecule has 116 valence electrons. The summed E-state index contributed by atoms with van der Waals surface area (Å²) in [4.78, 5) is 18.3. The van der Waals surface area contributed by atoms with Crippen molar-refractivity contribution in [3.63, 3.8) is 0 Å². The highest BCUT2D eigenvalue weighted by molar-refractivity contribution is 5.92. The van der Waals surface area contributed by atoms with Gasteiger partial charge in [0.25, 0.3) is 5.91 Å². The molecule has 21 heavy (non-hydrogen) atoms. The number of aromatic nitrogens is 1. The number of carbonyl (C=O) groups is 1. The summed E-state index contributed by atoms with van der Waals surface area (Å²) >= 11 is 0. The van der Waals surface area contributed by atoms with Crippen LogP contribution in [0, 0.1) is 0 Å². The van der Waals surface area contributed by atoms with E-state index < -0.39 is 0 Å². The van der Waals surface area contributed by atoms with Crippen molar-refractivity contribution in [1.82, 2.24) is 9.88 Å². The summed E-state index contributed by atoms with van der Waals surface area (Å²) in [5.74, 6) is 0.00710. The van der Waals surface area contributed by atoms with Gasteiger partial charge >= 0.3 is 0 Å². The average molecular weight is 289 g/mol. The van der Waals surface area contributed by atoms with Crippen LogP contribution in [0.4, 0.5) is 5.69 Å². The third-order valence-electron chi connectivity index (χ3n) is 4.15. The van der Waals surface area contributed by atoms with Gasteiger partial charge in [-0.2, -0.15) is 0 Å². The number of rotatable bonds is 6. The Hall–Kier alpha value is -1.58. The zero-order valence-corrected chi connectivity index (χ0v) is 13.3. The van der Waals surface area contributed by atoms with Crippen LogP contribution in [0.25, 0.3) is 0 Å². The van der Waals surface area contributed by atoms with E-state index in [1.165, 1.54) is 32.1 Å². The SMILES string of the molecule is CCCCN(C)C(=O)c1ccc(NC2CCCCC2)cn1. The molecule has 1 amide bonds. The lowest BCUT2D eigenvalue weighted by molar-refractivity contribution is 0.0787. The molecule has 4 nitrogen and oxygen atoms in total. The van der Waals surface area contributed by atoms with Gasteiger partial charge in [0, 0.05) is 19.6 Å². The van der Waals surface area contributed by atoms with Gasteiger partial charge in [-0.15, -0.1) is 0 Å². The molecule has 0 spiro atoms. The number of nitrogens with one attached hydrogen (secondary N) is 1. The Morgan fingerprint density at radius 1 is 1.33 bits per heavy atom. The Morgan fingerprint density at radius 3 is 2.71 bits per heavy atom. The first kappa shape index (κ1) is 15.8. The van der Waals surface area contributed by atoms with Crippen molar-refractivity contribution >= 4 is 11.6 Å². The monoisotopic (exact) mass is 289 g/mol. The predicted octanol–water partition coefficient (Wildman–Crippen LogP) is 3.70. The summed E-state index contributed by atoms with van der Waals surface area (Å²) in [6.45, 7) is 2.92. The van der Waals surface area contributed by atoms with Crippen LogP contribution in [0.15, 0.2) is 18.3 Å². The van der Waals surface area contributed by atoms with Crippen LogP contribution in [0.1, 0.15) is 62.4 Å². The molecule has 0 saturated heterocycles. The first-order valence-corrected chi connectivity index (χ1v) is 8.18. The Bertz CT molecular complexity index is 438. The van der Waals surface area contributed by atoms with E-state index in [-0.39, 0.29) is 5.91 Å². The second-order valence-electron chi connectivity index (χ2n) is 5.99. The largest absolute Gasteiger partial charge is 0.381 e. The highest BCUT2D eigenvalue weighted by atomic mass is 16.2. The maximum Gasteiger partial charge on any atom is 0.272 e. The normalized spacial score (nSPS) is 15.7. The first-order valence-electron chi connectivity index (χ1n) is 8.18. The molecular formula is C17H27N3O. The summed E-state index contributed by atoms with van der Waals surface area (Å²) in [5.41, 5.74) is 1.55. The zero-order chi connectivity index (χ0) is 15.1. The molecule has 0 aliphatic heterocycles. The van der Waals surface area contributed by atoms with Gasteiger partial charge < -0.3 is 10.2 Å². The zero-order valence-electron chi connectivity index (χ0n) is 13.3. The van der Waals surface area contributed by atoms with E-state index in [2.05, 4.69) is 17.2 Å². The number of nitrogens with zero attached hydrogens (tertiary/aromatic N) is 2. The van der Waals surface area contributed by atoms with Crippen molar-refractivity contribution in [3.05, 3.63) is 24.0 Å². The molecule has 1 N–H and O–H groups in total. The number of hydrogen-bond acceptors (Lipinski definition) is 3. The highest BCUT2D eigenvalue weighted by Crippen LogP contribution is 2.21. The number of pyridine rings is 1. The molecule has 0 unspecified atom stereocenters. The summed E-state index contributed by atoms with van der Waals surface area (Å²) in [6, 6.07) is 4.37. The van der Waals surface area contributed by atoms with Gasteiger partial charge in [0.1, 0.15) is 5.69 Å². The third-order valence-corrected chi connectivity index (χ3v) is 4.15. The maximum absolute atomic E-state index is 12.2. The summed E-state index contributed by atoms with van der Waals surface area (Å²) in [7, 11) is 1.84. The van der Waals surface area contributed by atoms with E-state index in [1.54, 1.807) is 11.1 Å². The fraction of sp³-hybridized carbons (Fsp3) is 0.647. The number of anilines is 1. The van der Waals surface area contributed by atoms with Crippen molar-refractivity contribution in [2.75, 3.05) is 18.9 Å². The van der Waals surface area contributed by atoms with Crippen molar-refractivity contribution in [1.29, 1.82) is 0 Å². The maximum atomic E-state index is 12.2. The van der Waals surface area contributed by atoms with E-state index in [1.807, 2.05) is 19.2 Å². The van der Waals surface area contributed by atoms with Crippen LogP contribution < -0.4 is 5.32 Å². The van der Waals surface area contributed by atoms with Gasteiger partial charge in [-0.25, -0.2) is 4.98 Å². The van der Waals surface area contributed by atoms with Crippen LogP contribution in [0.3, 0.4) is 0 Å². The predicted molar refractivity (Wildman–Crippen MR) is 86.6 cm³/mol. The van der Waals surface area contributed by atoms with E-state index in [9.17, 15) is 4.79 Å². The fourth-order valence-electron chi connectivity index (χ4n) is 2.78. The van der Waals surface area contributed by atoms with Gasteiger partial charge in [0.05, 0.1) is 11.9 Å². The molecule has 1 aromatic heterocycles. The first-order chi connectivity index (χ1) is 10.2. The van der Waals surface area contributed by atoms with Crippen LogP contribution in [-0.2, 0) is 0 Å². The van der Waals surface area contributed by atoms with Gasteiger partial charge in [-0.3, -0.25) is 4.79 Å². The van der Waals surface area contributed by atoms with Crippen LogP contribution in [0.5, 0.6) is 0 Å². The summed E-state index contributed by atoms with van der Waals surface area (Å²) < 4.78 is 0. The molecule has 0 atom stereocenters. The average Bonchev–Trinajstić information content (AvgIpc) is 2.53. The summed E-state index contributed by atoms with van der Waals surface area (Å²) in [5, 5.41) is 3.52. The van der Waals surface area contributed by atoms with E-state index in [0.29, 0.717) is 11.7 Å². The molecule has 0 bridgehead atoms. The molecule has 1 fully saturated rings. The van der Waals surface area contributed by atoms with Crippen molar-refractivity contribution in [2.45, 2.75) is 57.9 Å². The lowest BCUT2D eigenvalue weighted by atomic mass is 9.95. The molecule has 1 heterocycles. The van der Waals surface area contributed by atoms with Crippen LogP contribution >= 0.6 is 0 Å². The van der Waals surface area contributed by atoms with Crippen LogP contribution in [0.2, 0.25) is 0 Å². The molecular weight excluding hydrogens is 262 g/mol. The smallest absolute Gasteiger partial charge is 0.272 e. The molecule has 0 aromatic carbocycles. The van der Waals surface area contributed by atoms with Gasteiger partial charge in [0.2, 0.25) is 0 Å². The molecule has 4 heteroatoms. The van der Waals surface area contributed by atoms with Gasteiger partial charge in [-0.05, 0) is 31.4 Å². The van der Waals surface area contributed by atoms with Gasteiger partial charge in [0.15, 0.2) is 0 Å². The Balaban J connectivity index is 1.90. The van der Waals surface area contributed by atoms with E-state index >= 15 is 0 Å². The minimum Gasteiger partial charge on any atom is -0.381 e. The minimum absolute atomic E-state index is 0.00710. The highest BCUT2D eigenvalue weighted by Gasteiger charge is 2.15. The second-order valence-corrected chi connectivity index (χ2v) is 5.99. The molecule has 1 aliphatic rings. The Kier molecular flexibility index (Phi) is 6.03. The number of amides is 1. The minimum atomic E-state index is 0.00710. The lowest BCUT2D eigenvalue weighted by Crippen LogP contribution is -2.28.